The molecule has 2 aliphatic carbocycles. The van der Waals surface area contributed by atoms with Crippen LogP contribution < -0.4 is 0 Å². The number of hydrogen-bond acceptors (Lipinski definition) is 4. The summed E-state index contributed by atoms with van der Waals surface area (Å²) >= 11 is 1.87. The van der Waals surface area contributed by atoms with E-state index < -0.39 is 0 Å². The van der Waals surface area contributed by atoms with Gasteiger partial charge in [0.2, 0.25) is 0 Å². The Kier molecular flexibility index (Phi) is 3.42. The summed E-state index contributed by atoms with van der Waals surface area (Å²) in [5.41, 5.74) is 3.91. The minimum absolute atomic E-state index is 0.446. The molecule has 0 saturated heterocycles. The first-order valence-corrected chi connectivity index (χ1v) is 10.8. The average Bonchev–Trinajstić information content (AvgIpc) is 3.25. The third kappa shape index (κ3) is 2.44. The number of fused-ring (bicyclic) bond motifs is 5. The van der Waals surface area contributed by atoms with Gasteiger partial charge in [-0.05, 0) is 48.6 Å². The first-order chi connectivity index (χ1) is 13.3. The molecule has 6 rings (SSSR count). The van der Waals surface area contributed by atoms with Crippen molar-refractivity contribution in [3.8, 4) is 0 Å². The van der Waals surface area contributed by atoms with Gasteiger partial charge in [0.15, 0.2) is 11.5 Å². The van der Waals surface area contributed by atoms with Crippen molar-refractivity contribution in [3.63, 3.8) is 0 Å². The molecular formula is C22H22N4S. The second-order valence-corrected chi connectivity index (χ2v) is 9.13. The van der Waals surface area contributed by atoms with Gasteiger partial charge >= 0.3 is 0 Å². The molecule has 0 spiro atoms. The highest BCUT2D eigenvalue weighted by atomic mass is 32.1. The van der Waals surface area contributed by atoms with Crippen molar-refractivity contribution < 1.29 is 0 Å². The standard InChI is InChI=1S/C22H22N4S/c1-2-13-8-9-15-18(10-13)27-22-19(15)21-24-20(25-26(21)12-23-22)17-11-16(17)14-6-4-3-5-7-14/h3-7,12-13,16-17H,2,8-11H2,1H3/t13-,16+,17-/m0/s1. The molecule has 1 aromatic carbocycles. The first kappa shape index (κ1) is 15.8. The van der Waals surface area contributed by atoms with Crippen molar-refractivity contribution in [1.82, 2.24) is 19.6 Å². The highest BCUT2D eigenvalue weighted by Crippen LogP contribution is 2.53. The van der Waals surface area contributed by atoms with Crippen LogP contribution in [0.25, 0.3) is 15.9 Å². The van der Waals surface area contributed by atoms with Gasteiger partial charge in [0.1, 0.15) is 11.2 Å². The fraction of sp³-hybridized carbons (Fsp3) is 0.409. The van der Waals surface area contributed by atoms with Gasteiger partial charge in [-0.2, -0.15) is 0 Å². The maximum atomic E-state index is 5.02. The van der Waals surface area contributed by atoms with Gasteiger partial charge in [-0.15, -0.1) is 16.4 Å². The van der Waals surface area contributed by atoms with E-state index in [-0.39, 0.29) is 0 Å². The number of rotatable bonds is 3. The average molecular weight is 375 g/mol. The quantitative estimate of drug-likeness (QED) is 0.499. The lowest BCUT2D eigenvalue weighted by atomic mass is 9.86. The number of hydrogen-bond donors (Lipinski definition) is 0. The van der Waals surface area contributed by atoms with E-state index in [1.807, 2.05) is 22.2 Å². The summed E-state index contributed by atoms with van der Waals surface area (Å²) in [5.74, 6) is 2.82. The third-order valence-electron chi connectivity index (χ3n) is 6.43. The number of thiophene rings is 1. The van der Waals surface area contributed by atoms with Crippen LogP contribution in [0.3, 0.4) is 0 Å². The second kappa shape index (κ2) is 5.86. The van der Waals surface area contributed by atoms with Crippen LogP contribution in [0.1, 0.15) is 59.9 Å². The predicted molar refractivity (Wildman–Crippen MR) is 109 cm³/mol. The van der Waals surface area contributed by atoms with Gasteiger partial charge in [0.25, 0.3) is 0 Å². The molecule has 0 bridgehead atoms. The van der Waals surface area contributed by atoms with Crippen LogP contribution in [0.5, 0.6) is 0 Å². The van der Waals surface area contributed by atoms with E-state index in [1.165, 1.54) is 40.7 Å². The van der Waals surface area contributed by atoms with E-state index in [4.69, 9.17) is 15.1 Å². The molecule has 2 aliphatic rings. The van der Waals surface area contributed by atoms with Gasteiger partial charge < -0.3 is 0 Å². The zero-order chi connectivity index (χ0) is 18.0. The third-order valence-corrected chi connectivity index (χ3v) is 7.59. The van der Waals surface area contributed by atoms with Crippen LogP contribution >= 0.6 is 11.3 Å². The van der Waals surface area contributed by atoms with Crippen LogP contribution in [0, 0.1) is 5.92 Å². The van der Waals surface area contributed by atoms with E-state index in [9.17, 15) is 0 Å². The van der Waals surface area contributed by atoms with Gasteiger partial charge in [0, 0.05) is 10.8 Å². The zero-order valence-corrected chi connectivity index (χ0v) is 16.2. The molecule has 1 saturated carbocycles. The van der Waals surface area contributed by atoms with E-state index in [2.05, 4.69) is 37.3 Å². The molecule has 1 fully saturated rings. The fourth-order valence-corrected chi connectivity index (χ4v) is 6.01. The molecule has 0 N–H and O–H groups in total. The zero-order valence-electron chi connectivity index (χ0n) is 15.4. The molecular weight excluding hydrogens is 352 g/mol. The summed E-state index contributed by atoms with van der Waals surface area (Å²) in [6.45, 7) is 2.31. The first-order valence-electron chi connectivity index (χ1n) is 10.0. The number of aromatic nitrogens is 4. The van der Waals surface area contributed by atoms with Crippen molar-refractivity contribution in [2.75, 3.05) is 0 Å². The minimum Gasteiger partial charge on any atom is -0.225 e. The Morgan fingerprint density at radius 3 is 2.93 bits per heavy atom. The number of aryl methyl sites for hydroxylation is 1. The molecule has 0 amide bonds. The normalized spacial score (nSPS) is 24.4. The lowest BCUT2D eigenvalue weighted by molar-refractivity contribution is 0.451. The SMILES string of the molecule is CC[C@H]1CCc2c(sc3ncn4nc([C@H]5C[C@@H]5c5ccccc5)nc4c23)C1. The predicted octanol–water partition coefficient (Wildman–Crippen LogP) is 5.13. The van der Waals surface area contributed by atoms with Crippen LogP contribution in [0.15, 0.2) is 36.7 Å². The Labute approximate surface area is 162 Å². The van der Waals surface area contributed by atoms with Gasteiger partial charge in [-0.3, -0.25) is 0 Å². The molecule has 0 radical (unpaired) electrons. The van der Waals surface area contributed by atoms with E-state index in [0.717, 1.165) is 35.1 Å². The summed E-state index contributed by atoms with van der Waals surface area (Å²) in [7, 11) is 0. The van der Waals surface area contributed by atoms with Crippen LogP contribution in [-0.4, -0.2) is 19.6 Å². The number of nitrogens with zero attached hydrogens (tertiary/aromatic N) is 4. The number of benzene rings is 1. The fourth-order valence-electron chi connectivity index (χ4n) is 4.71. The van der Waals surface area contributed by atoms with Gasteiger partial charge in [-0.1, -0.05) is 43.7 Å². The Morgan fingerprint density at radius 1 is 1.19 bits per heavy atom. The topological polar surface area (TPSA) is 43.1 Å². The Morgan fingerprint density at radius 2 is 2.07 bits per heavy atom. The monoisotopic (exact) mass is 374 g/mol. The Balaban J connectivity index is 1.42. The molecule has 0 unspecified atom stereocenters. The summed E-state index contributed by atoms with van der Waals surface area (Å²) < 4.78 is 1.91. The summed E-state index contributed by atoms with van der Waals surface area (Å²) in [4.78, 5) is 12.4. The lowest BCUT2D eigenvalue weighted by Gasteiger charge is -2.20. The van der Waals surface area contributed by atoms with Crippen LogP contribution in [0.4, 0.5) is 0 Å². The Hall–Kier alpha value is -2.27. The largest absolute Gasteiger partial charge is 0.225 e. The second-order valence-electron chi connectivity index (χ2n) is 8.04. The molecule has 136 valence electrons. The molecule has 0 aliphatic heterocycles. The highest BCUT2D eigenvalue weighted by Gasteiger charge is 2.42. The molecule has 5 heteroatoms. The molecule has 27 heavy (non-hydrogen) atoms. The maximum Gasteiger partial charge on any atom is 0.167 e. The summed E-state index contributed by atoms with van der Waals surface area (Å²) in [5, 5.41) is 6.07. The molecule has 3 atom stereocenters. The van der Waals surface area contributed by atoms with Gasteiger partial charge in [-0.25, -0.2) is 14.5 Å². The minimum atomic E-state index is 0.446. The van der Waals surface area contributed by atoms with Crippen LogP contribution in [-0.2, 0) is 12.8 Å². The molecule has 4 aromatic rings. The maximum absolute atomic E-state index is 5.02. The van der Waals surface area contributed by atoms with Gasteiger partial charge in [0.05, 0.1) is 5.39 Å². The Bertz CT molecular complexity index is 1140. The van der Waals surface area contributed by atoms with Crippen molar-refractivity contribution >= 4 is 27.2 Å². The van der Waals surface area contributed by atoms with E-state index in [0.29, 0.717) is 11.8 Å². The molecule has 3 aromatic heterocycles. The molecule has 3 heterocycles. The van der Waals surface area contributed by atoms with Crippen molar-refractivity contribution in [2.24, 2.45) is 5.92 Å². The van der Waals surface area contributed by atoms with E-state index in [1.54, 1.807) is 0 Å². The van der Waals surface area contributed by atoms with Crippen molar-refractivity contribution in [3.05, 3.63) is 58.5 Å². The van der Waals surface area contributed by atoms with Crippen molar-refractivity contribution in [2.45, 2.75) is 50.9 Å². The summed E-state index contributed by atoms with van der Waals surface area (Å²) in [6.07, 6.45) is 7.93. The smallest absolute Gasteiger partial charge is 0.167 e. The lowest BCUT2D eigenvalue weighted by Crippen LogP contribution is -2.11. The summed E-state index contributed by atoms with van der Waals surface area (Å²) in [6, 6.07) is 10.8. The van der Waals surface area contributed by atoms with Crippen LogP contribution in [0.2, 0.25) is 0 Å². The molecule has 4 nitrogen and oxygen atoms in total. The highest BCUT2D eigenvalue weighted by molar-refractivity contribution is 7.19. The van der Waals surface area contributed by atoms with Crippen molar-refractivity contribution in [1.29, 1.82) is 0 Å². The van der Waals surface area contributed by atoms with E-state index >= 15 is 0 Å².